The van der Waals surface area contributed by atoms with E-state index >= 15 is 0 Å². The third-order valence-corrected chi connectivity index (χ3v) is 18.7. The van der Waals surface area contributed by atoms with E-state index < -0.39 is 97.5 Å². The van der Waals surface area contributed by atoms with Crippen molar-refractivity contribution in [2.75, 3.05) is 39.6 Å². The summed E-state index contributed by atoms with van der Waals surface area (Å²) in [5.74, 6) is -0.501. The zero-order valence-corrected chi connectivity index (χ0v) is 60.2. The first-order valence-electron chi connectivity index (χ1n) is 37.0. The van der Waals surface area contributed by atoms with Gasteiger partial charge in [0.25, 0.3) is 0 Å². The van der Waals surface area contributed by atoms with Crippen LogP contribution >= 0.6 is 15.6 Å². The predicted molar refractivity (Wildman–Crippen MR) is 363 cm³/mol. The fraction of sp³-hybridized carbons (Fsp3) is 0.944. The van der Waals surface area contributed by atoms with Crippen LogP contribution in [0, 0.1) is 11.8 Å². The Bertz CT molecular complexity index is 1750. The Morgan fingerprint density at radius 1 is 0.322 bits per heavy atom. The van der Waals surface area contributed by atoms with Crippen LogP contribution in [-0.4, -0.2) is 96.7 Å². The first-order valence-corrected chi connectivity index (χ1v) is 40.0. The minimum absolute atomic E-state index is 0.105. The summed E-state index contributed by atoms with van der Waals surface area (Å²) < 4.78 is 68.1. The van der Waals surface area contributed by atoms with E-state index in [4.69, 9.17) is 37.0 Å². The summed E-state index contributed by atoms with van der Waals surface area (Å²) in [5, 5.41) is 10.6. The third kappa shape index (κ3) is 63.5. The number of esters is 4. The molecular weight excluding hydrogens is 1190 g/mol. The second-order valence-corrected chi connectivity index (χ2v) is 29.3. The van der Waals surface area contributed by atoms with Gasteiger partial charge < -0.3 is 33.8 Å². The molecule has 0 saturated carbocycles. The van der Waals surface area contributed by atoms with Gasteiger partial charge in [-0.3, -0.25) is 37.3 Å². The normalized spacial score (nSPS) is 14.4. The SMILES string of the molecule is CCCCCCCCCCC(=O)O[C@H](COC(=O)CCCCCCCCC)COP(=O)(O)OC[C@H](O)COP(=O)(O)OC[C@@H](COC(=O)CCCCCCCCCCCCC(C)CC)OC(=O)CCCCCCCCCCCCCCCCCCCCC(C)C. The molecule has 17 nitrogen and oxygen atoms in total. The maximum atomic E-state index is 13.0. The molecule has 0 radical (unpaired) electrons. The smallest absolute Gasteiger partial charge is 0.462 e. The first kappa shape index (κ1) is 88.1. The van der Waals surface area contributed by atoms with Crippen molar-refractivity contribution in [3.63, 3.8) is 0 Å². The molecular formula is C71H138O17P2. The van der Waals surface area contributed by atoms with Crippen molar-refractivity contribution in [3.8, 4) is 0 Å². The van der Waals surface area contributed by atoms with E-state index in [1.54, 1.807) is 0 Å². The number of ether oxygens (including phenoxy) is 4. The summed E-state index contributed by atoms with van der Waals surface area (Å²) >= 11 is 0. The van der Waals surface area contributed by atoms with E-state index in [1.165, 1.54) is 161 Å². The van der Waals surface area contributed by atoms with Crippen LogP contribution in [0.5, 0.6) is 0 Å². The maximum absolute atomic E-state index is 13.0. The van der Waals surface area contributed by atoms with Gasteiger partial charge in [0.05, 0.1) is 26.4 Å². The Labute approximate surface area is 549 Å². The average molecular weight is 1330 g/mol. The van der Waals surface area contributed by atoms with Gasteiger partial charge in [0, 0.05) is 25.7 Å². The number of aliphatic hydroxyl groups is 1. The zero-order valence-electron chi connectivity index (χ0n) is 58.4. The van der Waals surface area contributed by atoms with Crippen LogP contribution in [-0.2, 0) is 65.4 Å². The number of hydrogen-bond acceptors (Lipinski definition) is 15. The summed E-state index contributed by atoms with van der Waals surface area (Å²) in [6, 6.07) is 0. The van der Waals surface area contributed by atoms with Gasteiger partial charge in [0.2, 0.25) is 0 Å². The summed E-state index contributed by atoms with van der Waals surface area (Å²) in [5.41, 5.74) is 0. The van der Waals surface area contributed by atoms with E-state index in [2.05, 4.69) is 41.5 Å². The Morgan fingerprint density at radius 2 is 0.567 bits per heavy atom. The summed E-state index contributed by atoms with van der Waals surface area (Å²) in [4.78, 5) is 72.3. The molecule has 6 atom stereocenters. The lowest BCUT2D eigenvalue weighted by atomic mass is 9.99. The standard InChI is InChI=1S/C71H138O17P2/c1-7-10-12-14-16-36-43-49-55-70(75)87-66(59-81-68(73)53-47-41-33-15-13-11-8-2)61-85-89(77,78)83-57-65(72)58-84-90(79,80)86-62-67(60-82-69(74)54-48-42-37-31-28-27-30-35-40-46-52-64(6)9-3)88-71(76)56-50-44-38-32-26-24-22-20-18-17-19-21-23-25-29-34-39-45-51-63(4)5/h63-67,72H,7-62H2,1-6H3,(H,77,78)(H,79,80)/t64?,65-,66+,67+/m0/s1. The number of carbonyl (C=O) groups excluding carboxylic acids is 4. The summed E-state index contributed by atoms with van der Waals surface area (Å²) in [6.07, 6.45) is 48.8. The molecule has 0 aliphatic heterocycles. The quantitative estimate of drug-likeness (QED) is 0.0222. The Hall–Kier alpha value is -1.94. The number of hydrogen-bond donors (Lipinski definition) is 3. The third-order valence-electron chi connectivity index (χ3n) is 16.8. The zero-order chi connectivity index (χ0) is 66.5. The molecule has 19 heteroatoms. The van der Waals surface area contributed by atoms with Gasteiger partial charge in [0.15, 0.2) is 12.2 Å². The van der Waals surface area contributed by atoms with Crippen molar-refractivity contribution in [3.05, 3.63) is 0 Å². The van der Waals surface area contributed by atoms with Crippen LogP contribution in [0.2, 0.25) is 0 Å². The molecule has 0 saturated heterocycles. The molecule has 0 rings (SSSR count). The van der Waals surface area contributed by atoms with Gasteiger partial charge in [-0.05, 0) is 37.5 Å². The molecule has 0 fully saturated rings. The molecule has 0 spiro atoms. The van der Waals surface area contributed by atoms with E-state index in [0.717, 1.165) is 121 Å². The first-order chi connectivity index (χ1) is 43.4. The van der Waals surface area contributed by atoms with Gasteiger partial charge in [-0.2, -0.15) is 0 Å². The van der Waals surface area contributed by atoms with Crippen molar-refractivity contribution < 1.29 is 80.2 Å². The second-order valence-electron chi connectivity index (χ2n) is 26.3. The maximum Gasteiger partial charge on any atom is 0.472 e. The van der Waals surface area contributed by atoms with Gasteiger partial charge in [-0.15, -0.1) is 0 Å². The number of aliphatic hydroxyl groups excluding tert-OH is 1. The Morgan fingerprint density at radius 3 is 0.844 bits per heavy atom. The van der Waals surface area contributed by atoms with Crippen molar-refractivity contribution >= 4 is 39.5 Å². The van der Waals surface area contributed by atoms with Gasteiger partial charge in [-0.25, -0.2) is 9.13 Å². The molecule has 3 N–H and O–H groups in total. The molecule has 0 aromatic heterocycles. The van der Waals surface area contributed by atoms with Gasteiger partial charge in [-0.1, -0.05) is 311 Å². The Balaban J connectivity index is 5.13. The highest BCUT2D eigenvalue weighted by molar-refractivity contribution is 7.47. The number of carbonyl (C=O) groups is 4. The average Bonchev–Trinajstić information content (AvgIpc) is 3.59. The van der Waals surface area contributed by atoms with Crippen LogP contribution < -0.4 is 0 Å². The summed E-state index contributed by atoms with van der Waals surface area (Å²) in [7, 11) is -9.89. The van der Waals surface area contributed by atoms with Crippen molar-refractivity contribution in [1.82, 2.24) is 0 Å². The minimum Gasteiger partial charge on any atom is -0.462 e. The molecule has 0 aromatic carbocycles. The molecule has 0 amide bonds. The lowest BCUT2D eigenvalue weighted by molar-refractivity contribution is -0.161. The number of phosphoric acid groups is 2. The lowest BCUT2D eigenvalue weighted by Gasteiger charge is -2.21. The van der Waals surface area contributed by atoms with E-state index in [0.29, 0.717) is 25.7 Å². The highest BCUT2D eigenvalue weighted by Gasteiger charge is 2.30. The van der Waals surface area contributed by atoms with Crippen molar-refractivity contribution in [1.29, 1.82) is 0 Å². The Kier molecular flexibility index (Phi) is 61.8. The predicted octanol–water partition coefficient (Wildman–Crippen LogP) is 20.4. The molecule has 0 bridgehead atoms. The second kappa shape index (κ2) is 63.1. The monoisotopic (exact) mass is 1320 g/mol. The number of rotatable bonds is 70. The molecule has 3 unspecified atom stereocenters. The lowest BCUT2D eigenvalue weighted by Crippen LogP contribution is -2.30. The molecule has 90 heavy (non-hydrogen) atoms. The number of phosphoric ester groups is 2. The van der Waals surface area contributed by atoms with E-state index in [1.807, 2.05) is 0 Å². The van der Waals surface area contributed by atoms with E-state index in [9.17, 15) is 43.2 Å². The fourth-order valence-electron chi connectivity index (χ4n) is 10.7. The number of unbranched alkanes of at least 4 members (excludes halogenated alkanes) is 39. The fourth-order valence-corrected chi connectivity index (χ4v) is 12.3. The van der Waals surface area contributed by atoms with Crippen LogP contribution in [0.25, 0.3) is 0 Å². The highest BCUT2D eigenvalue weighted by Crippen LogP contribution is 2.45. The van der Waals surface area contributed by atoms with Gasteiger partial charge in [0.1, 0.15) is 19.3 Å². The minimum atomic E-state index is -4.95. The highest BCUT2D eigenvalue weighted by atomic mass is 31.2. The molecule has 0 aromatic rings. The largest absolute Gasteiger partial charge is 0.472 e. The van der Waals surface area contributed by atoms with Crippen molar-refractivity contribution in [2.45, 2.75) is 381 Å². The van der Waals surface area contributed by atoms with E-state index in [-0.39, 0.29) is 25.7 Å². The van der Waals surface area contributed by atoms with Gasteiger partial charge >= 0.3 is 39.5 Å². The van der Waals surface area contributed by atoms with Crippen molar-refractivity contribution in [2.24, 2.45) is 11.8 Å². The molecule has 534 valence electrons. The molecule has 0 aliphatic carbocycles. The van der Waals surface area contributed by atoms with Crippen LogP contribution in [0.3, 0.4) is 0 Å². The topological polar surface area (TPSA) is 237 Å². The van der Waals surface area contributed by atoms with Crippen LogP contribution in [0.1, 0.15) is 363 Å². The molecule has 0 heterocycles. The van der Waals surface area contributed by atoms with Crippen LogP contribution in [0.15, 0.2) is 0 Å². The molecule has 0 aliphatic rings. The summed E-state index contributed by atoms with van der Waals surface area (Å²) in [6.45, 7) is 9.55. The van der Waals surface area contributed by atoms with Crippen LogP contribution in [0.4, 0.5) is 0 Å².